The van der Waals surface area contributed by atoms with Gasteiger partial charge in [-0.1, -0.05) is 12.1 Å². The van der Waals surface area contributed by atoms with Crippen molar-refractivity contribution in [2.75, 3.05) is 11.0 Å². The number of sulfonamides is 1. The van der Waals surface area contributed by atoms with Crippen LogP contribution in [0.2, 0.25) is 0 Å². The standard InChI is InChI=1S/C16H16N2O2S4/c1-10-16(8-15(23-10)13-9-22-11(2)17-13)24(19,20)18-12-6-4-5-7-14(12)21-3/h4-9,18H,1-3H3. The molecule has 0 aliphatic carbocycles. The van der Waals surface area contributed by atoms with Crippen molar-refractivity contribution < 1.29 is 8.42 Å². The molecule has 4 nitrogen and oxygen atoms in total. The molecule has 0 aliphatic rings. The van der Waals surface area contributed by atoms with Gasteiger partial charge in [0.05, 0.1) is 21.3 Å². The van der Waals surface area contributed by atoms with Gasteiger partial charge in [-0.05, 0) is 38.3 Å². The van der Waals surface area contributed by atoms with Crippen molar-refractivity contribution in [1.82, 2.24) is 4.98 Å². The lowest BCUT2D eigenvalue weighted by molar-refractivity contribution is 0.601. The summed E-state index contributed by atoms with van der Waals surface area (Å²) in [7, 11) is -3.63. The molecule has 24 heavy (non-hydrogen) atoms. The number of nitrogens with zero attached hydrogens (tertiary/aromatic N) is 1. The number of para-hydroxylation sites is 1. The summed E-state index contributed by atoms with van der Waals surface area (Å²) in [5.74, 6) is 0. The predicted octanol–water partition coefficient (Wildman–Crippen LogP) is 5.01. The maximum Gasteiger partial charge on any atom is 0.263 e. The Labute approximate surface area is 154 Å². The maximum absolute atomic E-state index is 12.8. The minimum Gasteiger partial charge on any atom is -0.278 e. The van der Waals surface area contributed by atoms with Gasteiger partial charge in [-0.15, -0.1) is 34.4 Å². The number of aryl methyl sites for hydroxylation is 2. The molecule has 0 bridgehead atoms. The molecule has 0 saturated heterocycles. The van der Waals surface area contributed by atoms with Crippen molar-refractivity contribution in [3.05, 3.63) is 45.6 Å². The van der Waals surface area contributed by atoms with Crippen molar-refractivity contribution in [3.8, 4) is 10.6 Å². The first-order valence-corrected chi connectivity index (χ1v) is 11.5. The van der Waals surface area contributed by atoms with E-state index in [1.807, 2.05) is 43.7 Å². The number of anilines is 1. The first-order valence-electron chi connectivity index (χ1n) is 7.09. The Morgan fingerprint density at radius 2 is 1.96 bits per heavy atom. The third-order valence-electron chi connectivity index (χ3n) is 3.38. The Morgan fingerprint density at radius 3 is 2.62 bits per heavy atom. The van der Waals surface area contributed by atoms with E-state index in [0.717, 1.165) is 25.4 Å². The fourth-order valence-electron chi connectivity index (χ4n) is 2.26. The summed E-state index contributed by atoms with van der Waals surface area (Å²) in [6.07, 6.45) is 1.92. The van der Waals surface area contributed by atoms with Gasteiger partial charge in [-0.3, -0.25) is 4.72 Å². The highest BCUT2D eigenvalue weighted by Crippen LogP contribution is 2.35. The number of thiophene rings is 1. The predicted molar refractivity (Wildman–Crippen MR) is 104 cm³/mol. The maximum atomic E-state index is 12.8. The first kappa shape index (κ1) is 17.5. The molecule has 0 aliphatic heterocycles. The lowest BCUT2D eigenvalue weighted by Crippen LogP contribution is -2.13. The summed E-state index contributed by atoms with van der Waals surface area (Å²) >= 11 is 4.51. The molecule has 0 radical (unpaired) electrons. The van der Waals surface area contributed by atoms with Crippen LogP contribution in [-0.4, -0.2) is 19.7 Å². The van der Waals surface area contributed by atoms with Crippen molar-refractivity contribution in [2.45, 2.75) is 23.6 Å². The first-order chi connectivity index (χ1) is 11.4. The number of nitrogens with one attached hydrogen (secondary N) is 1. The summed E-state index contributed by atoms with van der Waals surface area (Å²) in [6, 6.07) is 9.09. The zero-order valence-corrected chi connectivity index (χ0v) is 16.6. The fourth-order valence-corrected chi connectivity index (χ4v) is 6.20. The van der Waals surface area contributed by atoms with Crippen LogP contribution in [0.15, 0.2) is 45.5 Å². The Kier molecular flexibility index (Phi) is 5.00. The molecule has 0 amide bonds. The van der Waals surface area contributed by atoms with Gasteiger partial charge in [0.25, 0.3) is 10.0 Å². The van der Waals surface area contributed by atoms with Crippen molar-refractivity contribution in [2.24, 2.45) is 0 Å². The van der Waals surface area contributed by atoms with E-state index >= 15 is 0 Å². The van der Waals surface area contributed by atoms with Crippen LogP contribution in [0.25, 0.3) is 10.6 Å². The third kappa shape index (κ3) is 3.51. The zero-order valence-electron chi connectivity index (χ0n) is 13.4. The number of benzene rings is 1. The number of hydrogen-bond donors (Lipinski definition) is 1. The molecule has 1 N–H and O–H groups in total. The van der Waals surface area contributed by atoms with Crippen LogP contribution in [0, 0.1) is 13.8 Å². The molecule has 0 saturated carbocycles. The molecule has 2 heterocycles. The average Bonchev–Trinajstić information content (AvgIpc) is 3.13. The Morgan fingerprint density at radius 1 is 1.21 bits per heavy atom. The Bertz CT molecular complexity index is 974. The second-order valence-corrected chi connectivity index (χ2v) is 9.91. The third-order valence-corrected chi connectivity index (χ3v) is 7.65. The van der Waals surface area contributed by atoms with Crippen LogP contribution in [-0.2, 0) is 10.0 Å². The Balaban J connectivity index is 1.97. The summed E-state index contributed by atoms with van der Waals surface area (Å²) in [5, 5.41) is 2.92. The molecule has 2 aromatic heterocycles. The van der Waals surface area contributed by atoms with E-state index in [-0.39, 0.29) is 0 Å². The number of thioether (sulfide) groups is 1. The summed E-state index contributed by atoms with van der Waals surface area (Å²) in [4.78, 5) is 7.27. The van der Waals surface area contributed by atoms with Gasteiger partial charge in [-0.2, -0.15) is 0 Å². The molecule has 1 aromatic carbocycles. The van der Waals surface area contributed by atoms with E-state index < -0.39 is 10.0 Å². The highest BCUT2D eigenvalue weighted by molar-refractivity contribution is 7.99. The van der Waals surface area contributed by atoms with Crippen LogP contribution in [0.4, 0.5) is 5.69 Å². The van der Waals surface area contributed by atoms with E-state index in [1.54, 1.807) is 23.5 Å². The summed E-state index contributed by atoms with van der Waals surface area (Å²) < 4.78 is 28.3. The van der Waals surface area contributed by atoms with Crippen LogP contribution in [0.1, 0.15) is 9.88 Å². The average molecular weight is 397 g/mol. The van der Waals surface area contributed by atoms with Gasteiger partial charge >= 0.3 is 0 Å². The van der Waals surface area contributed by atoms with Crippen LogP contribution >= 0.6 is 34.4 Å². The molecule has 0 spiro atoms. The van der Waals surface area contributed by atoms with Gasteiger partial charge < -0.3 is 0 Å². The molecular weight excluding hydrogens is 380 g/mol. The van der Waals surface area contributed by atoms with Crippen molar-refractivity contribution in [3.63, 3.8) is 0 Å². The summed E-state index contributed by atoms with van der Waals surface area (Å²) in [6.45, 7) is 3.76. The molecule has 3 aromatic rings. The van der Waals surface area contributed by atoms with Crippen molar-refractivity contribution in [1.29, 1.82) is 0 Å². The number of aromatic nitrogens is 1. The molecule has 0 atom stereocenters. The molecule has 3 rings (SSSR count). The van der Waals surface area contributed by atoms with Gasteiger partial charge in [0.1, 0.15) is 4.90 Å². The van der Waals surface area contributed by atoms with E-state index in [9.17, 15) is 8.42 Å². The molecule has 8 heteroatoms. The highest BCUT2D eigenvalue weighted by Gasteiger charge is 2.22. The largest absolute Gasteiger partial charge is 0.278 e. The second-order valence-electron chi connectivity index (χ2n) is 5.09. The minimum absolute atomic E-state index is 0.309. The Hall–Kier alpha value is -1.35. The summed E-state index contributed by atoms with van der Waals surface area (Å²) in [5.41, 5.74) is 1.43. The van der Waals surface area contributed by atoms with Gasteiger partial charge in [0.2, 0.25) is 0 Å². The zero-order chi connectivity index (χ0) is 17.3. The smallest absolute Gasteiger partial charge is 0.263 e. The van der Waals surface area contributed by atoms with Crippen LogP contribution in [0.5, 0.6) is 0 Å². The van der Waals surface area contributed by atoms with E-state index in [0.29, 0.717) is 10.6 Å². The SMILES string of the molecule is CSc1ccccc1NS(=O)(=O)c1cc(-c2csc(C)n2)sc1C. The number of rotatable bonds is 5. The van der Waals surface area contributed by atoms with E-state index in [1.165, 1.54) is 23.1 Å². The molecular formula is C16H16N2O2S4. The van der Waals surface area contributed by atoms with Crippen LogP contribution < -0.4 is 4.72 Å². The highest BCUT2D eigenvalue weighted by atomic mass is 32.2. The van der Waals surface area contributed by atoms with Gasteiger partial charge in [0.15, 0.2) is 0 Å². The monoisotopic (exact) mass is 396 g/mol. The lowest BCUT2D eigenvalue weighted by atomic mass is 10.3. The van der Waals surface area contributed by atoms with Gasteiger partial charge in [0, 0.05) is 15.2 Å². The van der Waals surface area contributed by atoms with Crippen molar-refractivity contribution >= 4 is 50.1 Å². The van der Waals surface area contributed by atoms with E-state index in [2.05, 4.69) is 9.71 Å². The molecule has 0 fully saturated rings. The normalized spacial score (nSPS) is 11.6. The van der Waals surface area contributed by atoms with E-state index in [4.69, 9.17) is 0 Å². The quantitative estimate of drug-likeness (QED) is 0.616. The molecule has 126 valence electrons. The van der Waals surface area contributed by atoms with Gasteiger partial charge in [-0.25, -0.2) is 13.4 Å². The number of thiazole rings is 1. The number of hydrogen-bond acceptors (Lipinski definition) is 6. The minimum atomic E-state index is -3.63. The molecule has 0 unspecified atom stereocenters. The lowest BCUT2D eigenvalue weighted by Gasteiger charge is -2.10. The topological polar surface area (TPSA) is 59.1 Å². The second kappa shape index (κ2) is 6.87. The fraction of sp³-hybridized carbons (Fsp3) is 0.188. The van der Waals surface area contributed by atoms with Crippen LogP contribution in [0.3, 0.4) is 0 Å².